The van der Waals surface area contributed by atoms with Crippen LogP contribution in [0, 0.1) is 0 Å². The third kappa shape index (κ3) is 3.42. The molecule has 18 heavy (non-hydrogen) atoms. The minimum atomic E-state index is 0.0703. The maximum absolute atomic E-state index is 6.17. The molecule has 94 valence electrons. The molecule has 0 aliphatic heterocycles. The Morgan fingerprint density at radius 2 is 0.944 bits per heavy atom. The predicted octanol–water partition coefficient (Wildman–Crippen LogP) is 3.17. The van der Waals surface area contributed by atoms with Gasteiger partial charge in [-0.15, -0.1) is 0 Å². The van der Waals surface area contributed by atoms with Crippen LogP contribution in [0.25, 0.3) is 0 Å². The Morgan fingerprint density at radius 3 is 1.28 bits per heavy atom. The molecule has 2 heteroatoms. The van der Waals surface area contributed by atoms with Gasteiger partial charge in [0.1, 0.15) is 0 Å². The molecule has 0 spiro atoms. The molecular formula is C16H20N2. The highest BCUT2D eigenvalue weighted by atomic mass is 14.7. The van der Waals surface area contributed by atoms with Gasteiger partial charge in [0.25, 0.3) is 0 Å². The quantitative estimate of drug-likeness (QED) is 0.843. The predicted molar refractivity (Wildman–Crippen MR) is 76.0 cm³/mol. The fourth-order valence-corrected chi connectivity index (χ4v) is 2.09. The van der Waals surface area contributed by atoms with E-state index in [0.29, 0.717) is 0 Å². The fraction of sp³-hybridized carbons (Fsp3) is 0.250. The zero-order valence-electron chi connectivity index (χ0n) is 10.5. The summed E-state index contributed by atoms with van der Waals surface area (Å²) in [6, 6.07) is 20.5. The van der Waals surface area contributed by atoms with Gasteiger partial charge >= 0.3 is 0 Å². The number of rotatable bonds is 5. The Morgan fingerprint density at radius 1 is 0.611 bits per heavy atom. The average molecular weight is 240 g/mol. The first-order valence-electron chi connectivity index (χ1n) is 6.38. The van der Waals surface area contributed by atoms with Crippen molar-refractivity contribution in [3.05, 3.63) is 71.8 Å². The standard InChI is InChI=1S/C16H20N2/c17-15(13-7-3-1-4-8-13)11-12-16(18)14-9-5-2-6-10-14/h1-10,15-16H,11-12,17-18H2/t15-,16-/m1/s1. The first-order valence-corrected chi connectivity index (χ1v) is 6.38. The summed E-state index contributed by atoms with van der Waals surface area (Å²) >= 11 is 0. The monoisotopic (exact) mass is 240 g/mol. The maximum atomic E-state index is 6.17. The molecule has 0 aliphatic carbocycles. The zero-order chi connectivity index (χ0) is 12.8. The number of hydrogen-bond donors (Lipinski definition) is 2. The van der Waals surface area contributed by atoms with Gasteiger partial charge in [-0.2, -0.15) is 0 Å². The summed E-state index contributed by atoms with van der Waals surface area (Å²) in [5, 5.41) is 0. The van der Waals surface area contributed by atoms with Crippen molar-refractivity contribution in [3.8, 4) is 0 Å². The molecule has 0 heterocycles. The van der Waals surface area contributed by atoms with Gasteiger partial charge in [0.05, 0.1) is 0 Å². The van der Waals surface area contributed by atoms with Crippen molar-refractivity contribution >= 4 is 0 Å². The molecule has 0 saturated heterocycles. The average Bonchev–Trinajstić information content (AvgIpc) is 2.46. The van der Waals surface area contributed by atoms with Crippen LogP contribution in [0.5, 0.6) is 0 Å². The molecule has 0 bridgehead atoms. The van der Waals surface area contributed by atoms with Gasteiger partial charge in [0, 0.05) is 12.1 Å². The largest absolute Gasteiger partial charge is 0.324 e. The van der Waals surface area contributed by atoms with E-state index in [4.69, 9.17) is 11.5 Å². The van der Waals surface area contributed by atoms with E-state index in [0.717, 1.165) is 12.8 Å². The van der Waals surface area contributed by atoms with Crippen molar-refractivity contribution in [1.82, 2.24) is 0 Å². The molecule has 0 amide bonds. The highest BCUT2D eigenvalue weighted by Gasteiger charge is 2.10. The van der Waals surface area contributed by atoms with Gasteiger partial charge in [-0.3, -0.25) is 0 Å². The van der Waals surface area contributed by atoms with Crippen LogP contribution in [0.4, 0.5) is 0 Å². The summed E-state index contributed by atoms with van der Waals surface area (Å²) < 4.78 is 0. The summed E-state index contributed by atoms with van der Waals surface area (Å²) in [5.41, 5.74) is 14.7. The van der Waals surface area contributed by atoms with Crippen LogP contribution in [-0.2, 0) is 0 Å². The van der Waals surface area contributed by atoms with Gasteiger partial charge < -0.3 is 11.5 Å². The van der Waals surface area contributed by atoms with Crippen molar-refractivity contribution in [2.75, 3.05) is 0 Å². The molecular weight excluding hydrogens is 220 g/mol. The molecule has 0 radical (unpaired) electrons. The van der Waals surface area contributed by atoms with Gasteiger partial charge in [-0.1, -0.05) is 60.7 Å². The van der Waals surface area contributed by atoms with Crippen LogP contribution < -0.4 is 11.5 Å². The smallest absolute Gasteiger partial charge is 0.0295 e. The second kappa shape index (κ2) is 6.34. The van der Waals surface area contributed by atoms with Crippen LogP contribution in [0.1, 0.15) is 36.1 Å². The molecule has 0 aromatic heterocycles. The Labute approximate surface area is 109 Å². The third-order valence-electron chi connectivity index (χ3n) is 3.24. The minimum Gasteiger partial charge on any atom is -0.324 e. The molecule has 2 nitrogen and oxygen atoms in total. The minimum absolute atomic E-state index is 0.0703. The van der Waals surface area contributed by atoms with E-state index in [2.05, 4.69) is 24.3 Å². The highest BCUT2D eigenvalue weighted by Crippen LogP contribution is 2.21. The molecule has 2 aromatic carbocycles. The molecule has 2 atom stereocenters. The summed E-state index contributed by atoms with van der Waals surface area (Å²) in [7, 11) is 0. The van der Waals surface area contributed by atoms with Crippen LogP contribution in [-0.4, -0.2) is 0 Å². The van der Waals surface area contributed by atoms with E-state index in [1.165, 1.54) is 11.1 Å². The van der Waals surface area contributed by atoms with Crippen LogP contribution >= 0.6 is 0 Å². The van der Waals surface area contributed by atoms with Crippen molar-refractivity contribution in [2.45, 2.75) is 24.9 Å². The Kier molecular flexibility index (Phi) is 4.51. The summed E-state index contributed by atoms with van der Waals surface area (Å²) in [6.07, 6.45) is 1.81. The van der Waals surface area contributed by atoms with Gasteiger partial charge in [-0.25, -0.2) is 0 Å². The zero-order valence-corrected chi connectivity index (χ0v) is 10.5. The van der Waals surface area contributed by atoms with Crippen LogP contribution in [0.3, 0.4) is 0 Å². The second-order valence-electron chi connectivity index (χ2n) is 4.61. The van der Waals surface area contributed by atoms with Crippen molar-refractivity contribution in [1.29, 1.82) is 0 Å². The topological polar surface area (TPSA) is 52.0 Å². The Balaban J connectivity index is 1.89. The maximum Gasteiger partial charge on any atom is 0.0295 e. The van der Waals surface area contributed by atoms with E-state index < -0.39 is 0 Å². The molecule has 0 fully saturated rings. The van der Waals surface area contributed by atoms with E-state index in [9.17, 15) is 0 Å². The lowest BCUT2D eigenvalue weighted by atomic mass is 9.97. The van der Waals surface area contributed by atoms with Gasteiger partial charge in [0.15, 0.2) is 0 Å². The van der Waals surface area contributed by atoms with Gasteiger partial charge in [-0.05, 0) is 24.0 Å². The summed E-state index contributed by atoms with van der Waals surface area (Å²) in [4.78, 5) is 0. The van der Waals surface area contributed by atoms with Crippen molar-refractivity contribution in [2.24, 2.45) is 11.5 Å². The second-order valence-corrected chi connectivity index (χ2v) is 4.61. The van der Waals surface area contributed by atoms with Crippen molar-refractivity contribution in [3.63, 3.8) is 0 Å². The SMILES string of the molecule is N[C@H](CC[C@@H](N)c1ccccc1)c1ccccc1. The van der Waals surface area contributed by atoms with Crippen molar-refractivity contribution < 1.29 is 0 Å². The van der Waals surface area contributed by atoms with Crippen LogP contribution in [0.2, 0.25) is 0 Å². The molecule has 4 N–H and O–H groups in total. The first-order chi connectivity index (χ1) is 8.77. The Hall–Kier alpha value is -1.64. The lowest BCUT2D eigenvalue weighted by Crippen LogP contribution is -2.15. The summed E-state index contributed by atoms with van der Waals surface area (Å²) in [5.74, 6) is 0. The van der Waals surface area contributed by atoms with E-state index in [-0.39, 0.29) is 12.1 Å². The molecule has 2 aromatic rings. The van der Waals surface area contributed by atoms with E-state index in [1.54, 1.807) is 0 Å². The first kappa shape index (κ1) is 12.8. The highest BCUT2D eigenvalue weighted by molar-refractivity contribution is 5.20. The molecule has 2 rings (SSSR count). The fourth-order valence-electron chi connectivity index (χ4n) is 2.09. The van der Waals surface area contributed by atoms with Gasteiger partial charge in [0.2, 0.25) is 0 Å². The normalized spacial score (nSPS) is 14.1. The molecule has 0 saturated carbocycles. The number of benzene rings is 2. The molecule has 0 unspecified atom stereocenters. The third-order valence-corrected chi connectivity index (χ3v) is 3.24. The lowest BCUT2D eigenvalue weighted by Gasteiger charge is -2.16. The van der Waals surface area contributed by atoms with Crippen LogP contribution in [0.15, 0.2) is 60.7 Å². The van der Waals surface area contributed by atoms with E-state index in [1.807, 2.05) is 36.4 Å². The lowest BCUT2D eigenvalue weighted by molar-refractivity contribution is 0.546. The number of hydrogen-bond acceptors (Lipinski definition) is 2. The van der Waals surface area contributed by atoms with E-state index >= 15 is 0 Å². The molecule has 0 aliphatic rings. The Bertz CT molecular complexity index is 408. The summed E-state index contributed by atoms with van der Waals surface area (Å²) in [6.45, 7) is 0. The number of nitrogens with two attached hydrogens (primary N) is 2.